The van der Waals surface area contributed by atoms with Crippen LogP contribution in [0.1, 0.15) is 48.1 Å². The number of nitrogens with one attached hydrogen (secondary N) is 3. The SMILES string of the molecule is Cc1ccc(C[NH+]2CCN(C(=S)NCC(=O)NCc3cccs3)CC23CCCCC3)cc1. The number of thiophene rings is 1. The predicted molar refractivity (Wildman–Crippen MR) is 135 cm³/mol. The number of thiocarbonyl (C=S) groups is 1. The van der Waals surface area contributed by atoms with Gasteiger partial charge in [-0.2, -0.15) is 0 Å². The molecule has 4 rings (SSSR count). The molecule has 2 aromatic rings. The monoisotopic (exact) mass is 471 g/mol. The van der Waals surface area contributed by atoms with Gasteiger partial charge in [0.1, 0.15) is 12.1 Å². The Kier molecular flexibility index (Phi) is 7.81. The van der Waals surface area contributed by atoms with Crippen LogP contribution >= 0.6 is 23.6 Å². The standard InChI is InChI=1S/C25H34N4OS2/c1-20-7-9-21(10-8-20)18-29-14-13-28(19-25(29)11-3-2-4-12-25)24(31)27-17-23(30)26-16-22-6-5-15-32-22/h5-10,15H,2-4,11-14,16-19H2,1H3,(H,26,30)(H,27,31)/p+1. The fourth-order valence-electron chi connectivity index (χ4n) is 5.16. The summed E-state index contributed by atoms with van der Waals surface area (Å²) in [5, 5.41) is 8.92. The van der Waals surface area contributed by atoms with Crippen LogP contribution in [0.3, 0.4) is 0 Å². The summed E-state index contributed by atoms with van der Waals surface area (Å²) in [6.07, 6.45) is 6.46. The van der Waals surface area contributed by atoms with E-state index in [1.165, 1.54) is 43.2 Å². The summed E-state index contributed by atoms with van der Waals surface area (Å²) in [5.74, 6) is -0.0169. The second-order valence-corrected chi connectivity index (χ2v) is 10.7. The molecule has 1 saturated heterocycles. The Morgan fingerprint density at radius 2 is 1.94 bits per heavy atom. The van der Waals surface area contributed by atoms with Gasteiger partial charge in [-0.15, -0.1) is 11.3 Å². The molecule has 7 heteroatoms. The summed E-state index contributed by atoms with van der Waals surface area (Å²) in [5.41, 5.74) is 3.00. The van der Waals surface area contributed by atoms with Gasteiger partial charge in [0, 0.05) is 23.3 Å². The molecule has 1 spiro atoms. The molecule has 5 nitrogen and oxygen atoms in total. The molecule has 2 aliphatic rings. The zero-order chi connectivity index (χ0) is 22.4. The Labute approximate surface area is 201 Å². The molecule has 1 atom stereocenters. The molecule has 1 amide bonds. The third-order valence-electron chi connectivity index (χ3n) is 7.00. The molecule has 1 aliphatic heterocycles. The highest BCUT2D eigenvalue weighted by atomic mass is 32.1. The first-order chi connectivity index (χ1) is 15.5. The predicted octanol–water partition coefficient (Wildman–Crippen LogP) is 2.65. The number of carbonyl (C=O) groups excluding carboxylic acids is 1. The van der Waals surface area contributed by atoms with Crippen molar-refractivity contribution in [2.45, 2.75) is 57.7 Å². The minimum Gasteiger partial charge on any atom is -0.353 e. The highest BCUT2D eigenvalue weighted by Crippen LogP contribution is 2.28. The number of hydrogen-bond acceptors (Lipinski definition) is 3. The van der Waals surface area contributed by atoms with E-state index in [9.17, 15) is 4.79 Å². The van der Waals surface area contributed by atoms with Crippen LogP contribution in [0.4, 0.5) is 0 Å². The summed E-state index contributed by atoms with van der Waals surface area (Å²) < 4.78 is 0. The molecule has 1 unspecified atom stereocenters. The molecular weight excluding hydrogens is 436 g/mol. The van der Waals surface area contributed by atoms with Crippen molar-refractivity contribution in [3.8, 4) is 0 Å². The molecule has 172 valence electrons. The minimum absolute atomic E-state index is 0.0169. The number of hydrogen-bond donors (Lipinski definition) is 3. The molecule has 32 heavy (non-hydrogen) atoms. The molecule has 0 radical (unpaired) electrons. The topological polar surface area (TPSA) is 48.8 Å². The Morgan fingerprint density at radius 3 is 2.66 bits per heavy atom. The van der Waals surface area contributed by atoms with Crippen molar-refractivity contribution in [3.63, 3.8) is 0 Å². The maximum absolute atomic E-state index is 12.2. The Morgan fingerprint density at radius 1 is 1.16 bits per heavy atom. The van der Waals surface area contributed by atoms with Gasteiger partial charge in [0.15, 0.2) is 5.11 Å². The summed E-state index contributed by atoms with van der Waals surface area (Å²) in [6.45, 7) is 7.04. The van der Waals surface area contributed by atoms with Crippen molar-refractivity contribution in [2.75, 3.05) is 26.2 Å². The van der Waals surface area contributed by atoms with Crippen molar-refractivity contribution in [1.82, 2.24) is 15.5 Å². The molecule has 1 aliphatic carbocycles. The molecule has 1 saturated carbocycles. The van der Waals surface area contributed by atoms with Crippen LogP contribution in [0.2, 0.25) is 0 Å². The fourth-order valence-corrected chi connectivity index (χ4v) is 6.03. The summed E-state index contributed by atoms with van der Waals surface area (Å²) in [7, 11) is 0. The van der Waals surface area contributed by atoms with Gasteiger partial charge in [-0.1, -0.05) is 42.3 Å². The lowest BCUT2D eigenvalue weighted by Crippen LogP contribution is -3.22. The van der Waals surface area contributed by atoms with Crippen molar-refractivity contribution < 1.29 is 9.69 Å². The minimum atomic E-state index is -0.0169. The maximum atomic E-state index is 12.2. The lowest BCUT2D eigenvalue weighted by molar-refractivity contribution is -0.971. The fraction of sp³-hybridized carbons (Fsp3) is 0.520. The zero-order valence-electron chi connectivity index (χ0n) is 19.0. The van der Waals surface area contributed by atoms with Gasteiger partial charge in [-0.05, 0) is 43.4 Å². The maximum Gasteiger partial charge on any atom is 0.239 e. The van der Waals surface area contributed by atoms with Gasteiger partial charge >= 0.3 is 0 Å². The van der Waals surface area contributed by atoms with Gasteiger partial charge in [-0.25, -0.2) is 0 Å². The van der Waals surface area contributed by atoms with Crippen LogP contribution in [-0.4, -0.2) is 47.6 Å². The summed E-state index contributed by atoms with van der Waals surface area (Å²) in [6, 6.07) is 13.0. The van der Waals surface area contributed by atoms with E-state index >= 15 is 0 Å². The number of carbonyl (C=O) groups is 1. The van der Waals surface area contributed by atoms with Gasteiger partial charge in [0.2, 0.25) is 5.91 Å². The molecule has 2 fully saturated rings. The number of amides is 1. The normalized spacial score (nSPS) is 20.2. The smallest absolute Gasteiger partial charge is 0.239 e. The van der Waals surface area contributed by atoms with Crippen molar-refractivity contribution in [1.29, 1.82) is 0 Å². The van der Waals surface area contributed by atoms with E-state index in [0.29, 0.717) is 6.54 Å². The largest absolute Gasteiger partial charge is 0.353 e. The van der Waals surface area contributed by atoms with E-state index in [2.05, 4.69) is 46.7 Å². The highest BCUT2D eigenvalue weighted by molar-refractivity contribution is 7.80. The molecule has 1 aromatic carbocycles. The average molecular weight is 472 g/mol. The molecule has 0 bridgehead atoms. The van der Waals surface area contributed by atoms with Gasteiger partial charge in [0.25, 0.3) is 0 Å². The second-order valence-electron chi connectivity index (χ2n) is 9.29. The van der Waals surface area contributed by atoms with Crippen LogP contribution < -0.4 is 15.5 Å². The van der Waals surface area contributed by atoms with Crippen LogP contribution in [0.5, 0.6) is 0 Å². The van der Waals surface area contributed by atoms with Gasteiger partial charge < -0.3 is 20.4 Å². The van der Waals surface area contributed by atoms with E-state index in [0.717, 1.165) is 36.2 Å². The van der Waals surface area contributed by atoms with E-state index < -0.39 is 0 Å². The molecule has 3 N–H and O–H groups in total. The number of nitrogens with zero attached hydrogens (tertiary/aromatic N) is 1. The van der Waals surface area contributed by atoms with Gasteiger partial charge in [-0.3, -0.25) is 4.79 Å². The van der Waals surface area contributed by atoms with Crippen LogP contribution in [0.15, 0.2) is 41.8 Å². The average Bonchev–Trinajstić information content (AvgIpc) is 3.33. The first kappa shape index (κ1) is 23.2. The van der Waals surface area contributed by atoms with Crippen LogP contribution in [-0.2, 0) is 17.9 Å². The van der Waals surface area contributed by atoms with E-state index in [1.54, 1.807) is 16.2 Å². The van der Waals surface area contributed by atoms with Crippen LogP contribution in [0, 0.1) is 6.92 Å². The van der Waals surface area contributed by atoms with Crippen molar-refractivity contribution >= 4 is 34.6 Å². The summed E-state index contributed by atoms with van der Waals surface area (Å²) in [4.78, 5) is 17.4. The third-order valence-corrected chi connectivity index (χ3v) is 8.28. The number of rotatable bonds is 6. The number of quaternary nitrogens is 1. The molecular formula is C25H35N4OS2+. The summed E-state index contributed by atoms with van der Waals surface area (Å²) >= 11 is 7.37. The number of piperazine rings is 1. The molecule has 1 aromatic heterocycles. The third kappa shape index (κ3) is 5.88. The molecule has 2 heterocycles. The van der Waals surface area contributed by atoms with Crippen molar-refractivity contribution in [3.05, 3.63) is 57.8 Å². The lowest BCUT2D eigenvalue weighted by Gasteiger charge is -2.50. The highest BCUT2D eigenvalue weighted by Gasteiger charge is 2.46. The van der Waals surface area contributed by atoms with Gasteiger partial charge in [0.05, 0.1) is 32.7 Å². The Bertz CT molecular complexity index is 891. The first-order valence-electron chi connectivity index (χ1n) is 11.8. The lowest BCUT2D eigenvalue weighted by atomic mass is 9.78. The number of benzene rings is 1. The zero-order valence-corrected chi connectivity index (χ0v) is 20.6. The quantitative estimate of drug-likeness (QED) is 0.567. The van der Waals surface area contributed by atoms with Crippen molar-refractivity contribution in [2.24, 2.45) is 0 Å². The Balaban J connectivity index is 1.32. The second kappa shape index (κ2) is 10.8. The van der Waals surface area contributed by atoms with E-state index in [4.69, 9.17) is 12.2 Å². The Hall–Kier alpha value is -1.96. The van der Waals surface area contributed by atoms with Crippen LogP contribution in [0.25, 0.3) is 0 Å². The van der Waals surface area contributed by atoms with E-state index in [-0.39, 0.29) is 18.0 Å². The first-order valence-corrected chi connectivity index (χ1v) is 13.1. The number of aryl methyl sites for hydroxylation is 1. The van der Waals surface area contributed by atoms with E-state index in [1.807, 2.05) is 17.5 Å².